The molecular weight excluding hydrogens is 1370 g/mol. The topological polar surface area (TPSA) is 11.4 Å². The highest BCUT2D eigenvalue weighted by molar-refractivity contribution is 9.10. The molecule has 0 amide bonds. The molecule has 0 bridgehead atoms. The number of rotatable bonds is 39. The van der Waals surface area contributed by atoms with Gasteiger partial charge in [-0.15, -0.1) is 0 Å². The Morgan fingerprint density at radius 2 is 0.716 bits per heavy atom. The zero-order chi connectivity index (χ0) is 70.6. The monoisotopic (exact) mass is 1480 g/mol. The molecule has 0 unspecified atom stereocenters. The molecule has 102 heavy (non-hydrogen) atoms. The van der Waals surface area contributed by atoms with E-state index in [1.165, 1.54) is 253 Å². The Bertz CT molecular complexity index is 4410. The largest absolute Gasteiger partial charge is 0.310 e. The third-order valence-corrected chi connectivity index (χ3v) is 23.4. The fourth-order valence-corrected chi connectivity index (χ4v) is 17.1. The van der Waals surface area contributed by atoms with E-state index in [9.17, 15) is 0 Å². The van der Waals surface area contributed by atoms with E-state index in [4.69, 9.17) is 0 Å². The van der Waals surface area contributed by atoms with Crippen LogP contribution in [0.3, 0.4) is 0 Å². The first-order valence-corrected chi connectivity index (χ1v) is 41.6. The molecule has 530 valence electrons. The van der Waals surface area contributed by atoms with E-state index in [0.29, 0.717) is 0 Å². The molecule has 12 rings (SSSR count). The lowest BCUT2D eigenvalue weighted by Crippen LogP contribution is -2.26. The smallest absolute Gasteiger partial charge is 0.0547 e. The van der Waals surface area contributed by atoms with Crippen LogP contribution in [0.1, 0.15) is 242 Å². The average molecular weight is 1480 g/mol. The minimum absolute atomic E-state index is 0.169. The summed E-state index contributed by atoms with van der Waals surface area (Å²) in [5, 5.41) is 2.72. The molecule has 0 aliphatic heterocycles. The van der Waals surface area contributed by atoms with Gasteiger partial charge in [0.15, 0.2) is 0 Å². The Hall–Kier alpha value is -7.44. The van der Waals surface area contributed by atoms with Crippen molar-refractivity contribution in [3.8, 4) is 39.1 Å². The van der Waals surface area contributed by atoms with Gasteiger partial charge in [0.05, 0.1) is 11.0 Å². The number of aryl methyl sites for hydroxylation is 4. The van der Waals surface area contributed by atoms with E-state index in [2.05, 4.69) is 300 Å². The lowest BCUT2D eigenvalue weighted by molar-refractivity contribution is 0.398. The molecule has 1 aromatic heterocycles. The lowest BCUT2D eigenvalue weighted by atomic mass is 9.70. The van der Waals surface area contributed by atoms with Crippen molar-refractivity contribution in [1.29, 1.82) is 0 Å². The van der Waals surface area contributed by atoms with E-state index in [0.717, 1.165) is 71.7 Å². The zero-order valence-electron chi connectivity index (χ0n) is 62.5. The molecule has 10 aromatic carbocycles. The molecule has 1 aliphatic carbocycles. The quantitative estimate of drug-likeness (QED) is 0.0356. The van der Waals surface area contributed by atoms with Gasteiger partial charge in [-0.2, -0.15) is 0 Å². The van der Waals surface area contributed by atoms with Gasteiger partial charge in [-0.3, -0.25) is 0 Å². The molecule has 0 N–H and O–H groups in total. The summed E-state index contributed by atoms with van der Waals surface area (Å²) in [6.07, 6.45) is 36.3. The number of nitrogens with zero attached hydrogens (tertiary/aromatic N) is 3. The van der Waals surface area contributed by atoms with E-state index >= 15 is 0 Å². The van der Waals surface area contributed by atoms with Crippen LogP contribution in [0.2, 0.25) is 0 Å². The van der Waals surface area contributed by atoms with Crippen LogP contribution < -0.4 is 9.80 Å². The highest BCUT2D eigenvalue weighted by atomic mass is 79.9. The molecular formula is C97H113Br2N3. The average Bonchev–Trinajstić information content (AvgIpc) is 1.54. The fourth-order valence-electron chi connectivity index (χ4n) is 16.5. The number of hydrogen-bond donors (Lipinski definition) is 0. The van der Waals surface area contributed by atoms with Gasteiger partial charge >= 0.3 is 0 Å². The minimum Gasteiger partial charge on any atom is -0.310 e. The summed E-state index contributed by atoms with van der Waals surface area (Å²) in [5.41, 5.74) is 27.5. The van der Waals surface area contributed by atoms with Crippen molar-refractivity contribution in [1.82, 2.24) is 4.57 Å². The minimum atomic E-state index is -0.169. The maximum Gasteiger partial charge on any atom is 0.0547 e. The second kappa shape index (κ2) is 36.8. The molecule has 0 spiro atoms. The van der Waals surface area contributed by atoms with Crippen molar-refractivity contribution in [2.75, 3.05) is 9.80 Å². The second-order valence-electron chi connectivity index (χ2n) is 29.7. The predicted molar refractivity (Wildman–Crippen MR) is 452 cm³/mol. The van der Waals surface area contributed by atoms with E-state index in [1.54, 1.807) is 5.56 Å². The summed E-state index contributed by atoms with van der Waals surface area (Å²) in [6.45, 7) is 13.9. The van der Waals surface area contributed by atoms with E-state index in [-0.39, 0.29) is 5.41 Å². The first-order chi connectivity index (χ1) is 50.2. The predicted octanol–water partition coefficient (Wildman–Crippen LogP) is 31.3. The molecule has 0 radical (unpaired) electrons. The van der Waals surface area contributed by atoms with Crippen molar-refractivity contribution >= 4 is 87.8 Å². The summed E-state index contributed by atoms with van der Waals surface area (Å²) in [5.74, 6) is 0. The normalized spacial score (nSPS) is 12.4. The highest BCUT2D eigenvalue weighted by Gasteiger charge is 2.44. The number of benzene rings is 10. The third-order valence-electron chi connectivity index (χ3n) is 22.3. The number of para-hydroxylation sites is 1. The van der Waals surface area contributed by atoms with Crippen LogP contribution in [0.4, 0.5) is 34.1 Å². The van der Waals surface area contributed by atoms with Crippen LogP contribution in [0, 0.1) is 0 Å². The van der Waals surface area contributed by atoms with E-state index < -0.39 is 0 Å². The second-order valence-corrected chi connectivity index (χ2v) is 31.5. The highest BCUT2D eigenvalue weighted by Crippen LogP contribution is 2.58. The number of anilines is 6. The molecule has 0 fully saturated rings. The number of unbranched alkanes of at least 4 members (excludes halogenated alkanes) is 18. The van der Waals surface area contributed by atoms with Crippen LogP contribution in [-0.2, 0) is 31.1 Å². The molecule has 1 heterocycles. The lowest BCUT2D eigenvalue weighted by Gasteiger charge is -2.34. The van der Waals surface area contributed by atoms with E-state index in [1.807, 2.05) is 0 Å². The van der Waals surface area contributed by atoms with Crippen LogP contribution in [0.5, 0.6) is 0 Å². The van der Waals surface area contributed by atoms with Crippen LogP contribution in [-0.4, -0.2) is 4.57 Å². The molecule has 0 saturated carbocycles. The number of fused-ring (bicyclic) bond motifs is 6. The van der Waals surface area contributed by atoms with Crippen molar-refractivity contribution in [3.05, 3.63) is 255 Å². The first kappa shape index (κ1) is 74.3. The first-order valence-electron chi connectivity index (χ1n) is 40.1. The molecule has 0 saturated heterocycles. The summed E-state index contributed by atoms with van der Waals surface area (Å²) in [4.78, 5) is 5.11. The van der Waals surface area contributed by atoms with Gasteiger partial charge in [0, 0.05) is 64.9 Å². The van der Waals surface area contributed by atoms with Crippen molar-refractivity contribution < 1.29 is 0 Å². The van der Waals surface area contributed by atoms with Gasteiger partial charge < -0.3 is 14.4 Å². The summed E-state index contributed by atoms with van der Waals surface area (Å²) < 4.78 is 4.91. The fraction of sp³-hybridized carbons (Fsp3) is 0.381. The molecule has 1 aliphatic rings. The Morgan fingerprint density at radius 3 is 1.22 bits per heavy atom. The third kappa shape index (κ3) is 17.5. The summed E-state index contributed by atoms with van der Waals surface area (Å²) in [7, 11) is 0. The maximum absolute atomic E-state index is 3.84. The van der Waals surface area contributed by atoms with Crippen LogP contribution in [0.25, 0.3) is 60.9 Å². The molecule has 11 aromatic rings. The van der Waals surface area contributed by atoms with Gasteiger partial charge in [0.1, 0.15) is 0 Å². The van der Waals surface area contributed by atoms with Gasteiger partial charge in [-0.05, 0) is 246 Å². The van der Waals surface area contributed by atoms with Crippen molar-refractivity contribution in [2.45, 2.75) is 240 Å². The van der Waals surface area contributed by atoms with Gasteiger partial charge in [0.25, 0.3) is 0 Å². The molecule has 5 heteroatoms. The number of halogens is 2. The summed E-state index contributed by atoms with van der Waals surface area (Å²) in [6, 6.07) is 83.3. The van der Waals surface area contributed by atoms with Gasteiger partial charge in [0.2, 0.25) is 0 Å². The van der Waals surface area contributed by atoms with Crippen molar-refractivity contribution in [2.24, 2.45) is 0 Å². The van der Waals surface area contributed by atoms with Gasteiger partial charge in [-0.25, -0.2) is 0 Å². The Kier molecular flexibility index (Phi) is 26.8. The zero-order valence-corrected chi connectivity index (χ0v) is 65.7. The number of aromatic nitrogens is 1. The van der Waals surface area contributed by atoms with Crippen molar-refractivity contribution in [3.63, 3.8) is 0 Å². The maximum atomic E-state index is 3.84. The SMILES string of the molecule is CCCCCCCCC1(CCCCCCCC)c2cc(N(c3ccc(Br)cc3)c3ccc(-c4ccc(CCCC)cc4)cc3)ccc2-c2cc3c(cc21)c1ccccc1n3-c1cc(CCCCCC)c(N(c2ccc(Br)cc2)c2ccc(-c3ccc(CCCC)cc3)cc2)cc1CCCCCC. The van der Waals surface area contributed by atoms with Crippen LogP contribution in [0.15, 0.2) is 221 Å². The Balaban J connectivity index is 1.05. The Labute approximate surface area is 630 Å². The Morgan fingerprint density at radius 1 is 0.304 bits per heavy atom. The van der Waals surface area contributed by atoms with Gasteiger partial charge in [-0.1, -0.05) is 299 Å². The summed E-state index contributed by atoms with van der Waals surface area (Å²) >= 11 is 7.67. The van der Waals surface area contributed by atoms with Crippen LogP contribution >= 0.6 is 31.9 Å². The standard InChI is InChI=1S/C97H113Br2N3/c1-7-13-19-23-25-31-65-97(66-32-26-24-20-14-8-2)91-69-86(100(83-59-51-80(98)52-60-83)82-55-47-76(48-56-82)74-43-39-72(40-44-74)33-17-11-5)63-64-87(91)89-71-96-90(70-92(89)97)88-37-29-30-38-93(88)102(96)95-68-78(35-27-21-15-9-3)94(67-79(95)36-28-22-16-10-4)101(85-61-53-81(99)54-62-85)84-57-49-77(50-58-84)75-45-41-73(42-46-75)34-18-12-6/h29-30,37-64,67-71H,7-28,31-36,65-66H2,1-6H3. The number of hydrogen-bond acceptors (Lipinski definition) is 2. The molecule has 0 atom stereocenters. The molecule has 3 nitrogen and oxygen atoms in total.